The molecule has 1 saturated heterocycles. The van der Waals surface area contributed by atoms with Crippen molar-refractivity contribution in [3.63, 3.8) is 0 Å². The largest absolute Gasteiger partial charge is 0.435 e. The molecule has 4 N–H and O–H groups in total. The number of carbonyl (C=O) groups excluding carboxylic acids is 2. The van der Waals surface area contributed by atoms with E-state index in [9.17, 15) is 22.8 Å². The van der Waals surface area contributed by atoms with Gasteiger partial charge in [0.05, 0.1) is 22.5 Å². The number of carbonyl (C=O) groups is 2. The van der Waals surface area contributed by atoms with E-state index in [1.54, 1.807) is 0 Å². The number of aromatic nitrogens is 2. The highest BCUT2D eigenvalue weighted by Crippen LogP contribution is 2.41. The van der Waals surface area contributed by atoms with E-state index < -0.39 is 34.5 Å². The van der Waals surface area contributed by atoms with Gasteiger partial charge in [-0.2, -0.15) is 18.3 Å². The first kappa shape index (κ1) is 31.7. The maximum absolute atomic E-state index is 13.4. The summed E-state index contributed by atoms with van der Waals surface area (Å²) >= 11 is 0. The molecule has 0 atom stereocenters. The van der Waals surface area contributed by atoms with Crippen molar-refractivity contribution in [2.75, 3.05) is 25.4 Å². The average Bonchev–Trinajstić information content (AvgIpc) is 3.49. The van der Waals surface area contributed by atoms with Gasteiger partial charge in [0, 0.05) is 12.1 Å². The predicted octanol–water partition coefficient (Wildman–Crippen LogP) is 5.11. The molecule has 0 bridgehead atoms. The van der Waals surface area contributed by atoms with E-state index >= 15 is 0 Å². The van der Waals surface area contributed by atoms with Gasteiger partial charge in [-0.3, -0.25) is 9.59 Å². The second-order valence-corrected chi connectivity index (χ2v) is 9.30. The van der Waals surface area contributed by atoms with Crippen molar-refractivity contribution in [1.29, 1.82) is 0 Å². The number of hydrogen-bond donors (Lipinski definition) is 2. The first-order valence-electron chi connectivity index (χ1n) is 12.3. The fourth-order valence-electron chi connectivity index (χ4n) is 4.37. The number of anilines is 1. The van der Waals surface area contributed by atoms with E-state index in [4.69, 9.17) is 11.5 Å². The normalized spacial score (nSPS) is 16.2. The van der Waals surface area contributed by atoms with Crippen LogP contribution in [-0.4, -0.2) is 46.0 Å². The summed E-state index contributed by atoms with van der Waals surface area (Å²) in [6.45, 7) is 13.8. The van der Waals surface area contributed by atoms with Crippen LogP contribution in [0.15, 0.2) is 18.2 Å². The van der Waals surface area contributed by atoms with E-state index in [1.807, 2.05) is 27.7 Å². The van der Waals surface area contributed by atoms with Gasteiger partial charge in [0.15, 0.2) is 11.5 Å². The van der Waals surface area contributed by atoms with Crippen LogP contribution in [-0.2, 0) is 12.6 Å². The van der Waals surface area contributed by atoms with E-state index in [0.717, 1.165) is 4.68 Å². The monoisotopic (exact) mass is 521 g/mol. The van der Waals surface area contributed by atoms with Crippen LogP contribution < -0.4 is 11.5 Å². The second-order valence-electron chi connectivity index (χ2n) is 9.30. The number of halogens is 3. The van der Waals surface area contributed by atoms with Crippen LogP contribution in [0, 0.1) is 18.3 Å². The number of rotatable bonds is 3. The zero-order valence-corrected chi connectivity index (χ0v) is 22.3. The van der Waals surface area contributed by atoms with Gasteiger partial charge in [-0.05, 0) is 62.5 Å². The Morgan fingerprint density at radius 2 is 1.70 bits per heavy atom. The topological polar surface area (TPSA) is 107 Å². The zero-order valence-electron chi connectivity index (χ0n) is 22.3. The summed E-state index contributed by atoms with van der Waals surface area (Å²) in [5.74, 6) is -1.33. The Balaban J connectivity index is 0.000000525. The number of primary amides is 1. The number of amides is 1. The van der Waals surface area contributed by atoms with Gasteiger partial charge in [-0.15, -0.1) is 12.8 Å². The molecular weight excluding hydrogens is 483 g/mol. The Morgan fingerprint density at radius 1 is 1.14 bits per heavy atom. The van der Waals surface area contributed by atoms with Crippen LogP contribution in [0.25, 0.3) is 5.69 Å². The molecule has 1 fully saturated rings. The summed E-state index contributed by atoms with van der Waals surface area (Å²) in [6, 6.07) is 4.04. The minimum atomic E-state index is -4.76. The predicted molar refractivity (Wildman–Crippen MR) is 141 cm³/mol. The molecule has 2 aliphatic rings. The van der Waals surface area contributed by atoms with Crippen LogP contribution >= 0.6 is 0 Å². The van der Waals surface area contributed by atoms with E-state index in [2.05, 4.69) is 29.8 Å². The lowest BCUT2D eigenvalue weighted by Crippen LogP contribution is -2.29. The van der Waals surface area contributed by atoms with Crippen molar-refractivity contribution in [1.82, 2.24) is 14.7 Å². The molecule has 1 aliphatic heterocycles. The second kappa shape index (κ2) is 13.3. The number of ketones is 1. The Morgan fingerprint density at radius 3 is 2.14 bits per heavy atom. The smallest absolute Gasteiger partial charge is 0.398 e. The summed E-state index contributed by atoms with van der Waals surface area (Å²) in [5, 5.41) is 3.66. The Hall–Kier alpha value is -3.32. The van der Waals surface area contributed by atoms with Crippen molar-refractivity contribution in [2.45, 2.75) is 66.5 Å². The van der Waals surface area contributed by atoms with Gasteiger partial charge in [0.1, 0.15) is 0 Å². The third-order valence-electron chi connectivity index (χ3n) is 6.00. The maximum Gasteiger partial charge on any atom is 0.435 e. The van der Waals surface area contributed by atoms with Crippen LogP contribution in [0.4, 0.5) is 18.9 Å². The molecule has 7 nitrogen and oxygen atoms in total. The molecule has 0 saturated carbocycles. The molecule has 1 aliphatic carbocycles. The number of nitrogens with two attached hydrogens (primary N) is 2. The first-order chi connectivity index (χ1) is 17.3. The lowest BCUT2D eigenvalue weighted by molar-refractivity contribution is -0.141. The van der Waals surface area contributed by atoms with Gasteiger partial charge in [0.25, 0.3) is 5.91 Å². The van der Waals surface area contributed by atoms with E-state index in [-0.39, 0.29) is 35.5 Å². The Labute approximate surface area is 217 Å². The molecule has 0 spiro atoms. The SMILES string of the molecule is C#C.CC.CC1(C)CC(=O)c2c(C(F)(F)F)nn(-c3ccc(C(N)=O)c(N)c3)c2C1.CCN1CCCC1. The number of alkyl halides is 3. The van der Waals surface area contributed by atoms with Crippen LogP contribution in [0.2, 0.25) is 0 Å². The fraction of sp³-hybridized carbons (Fsp3) is 0.519. The number of fused-ring (bicyclic) bond motifs is 1. The number of hydrogen-bond acceptors (Lipinski definition) is 5. The third kappa shape index (κ3) is 7.83. The summed E-state index contributed by atoms with van der Waals surface area (Å²) in [7, 11) is 0. The lowest BCUT2D eigenvalue weighted by Gasteiger charge is -2.29. The molecule has 4 rings (SSSR count). The van der Waals surface area contributed by atoms with Crippen molar-refractivity contribution >= 4 is 17.4 Å². The molecule has 0 unspecified atom stereocenters. The highest BCUT2D eigenvalue weighted by atomic mass is 19.4. The van der Waals surface area contributed by atoms with Gasteiger partial charge in [-0.25, -0.2) is 4.68 Å². The zero-order chi connectivity index (χ0) is 28.6. The Bertz CT molecular complexity index is 1100. The first-order valence-corrected chi connectivity index (χ1v) is 12.3. The molecule has 10 heteroatoms. The van der Waals surface area contributed by atoms with Crippen LogP contribution in [0.3, 0.4) is 0 Å². The molecule has 37 heavy (non-hydrogen) atoms. The number of terminal acetylenes is 1. The molecule has 1 aromatic carbocycles. The Kier molecular flexibility index (Phi) is 11.4. The maximum atomic E-state index is 13.4. The van der Waals surface area contributed by atoms with Gasteiger partial charge >= 0.3 is 6.18 Å². The van der Waals surface area contributed by atoms with E-state index in [0.29, 0.717) is 0 Å². The molecule has 0 radical (unpaired) electrons. The fourth-order valence-corrected chi connectivity index (χ4v) is 4.37. The number of likely N-dealkylation sites (tertiary alicyclic amines) is 1. The summed E-state index contributed by atoms with van der Waals surface area (Å²) in [4.78, 5) is 26.2. The van der Waals surface area contributed by atoms with Crippen LogP contribution in [0.5, 0.6) is 0 Å². The average molecular weight is 522 g/mol. The molecule has 2 heterocycles. The standard InChI is InChI=1S/C17H17F3N4O2.C6H13N.C2H6.C2H2/c1-16(2)6-11-13(12(25)7-16)14(17(18,19)20)23-24(11)8-3-4-9(15(22)26)10(21)5-8;1-2-7-5-3-4-6-7;2*1-2/h3-5H,6-7,21H2,1-2H3,(H2,22,26);2-6H2,1H3;1-2H3;1-2H. The lowest BCUT2D eigenvalue weighted by atomic mass is 9.75. The summed E-state index contributed by atoms with van der Waals surface area (Å²) in [5.41, 5.74) is 9.37. The van der Waals surface area contributed by atoms with Crippen molar-refractivity contribution in [3.8, 4) is 18.5 Å². The number of benzene rings is 1. The van der Waals surface area contributed by atoms with Crippen LogP contribution in [0.1, 0.15) is 86.0 Å². The number of nitrogens with zero attached hydrogens (tertiary/aromatic N) is 3. The minimum Gasteiger partial charge on any atom is -0.398 e. The third-order valence-corrected chi connectivity index (χ3v) is 6.00. The van der Waals surface area contributed by atoms with Crippen molar-refractivity contribution in [3.05, 3.63) is 40.7 Å². The van der Waals surface area contributed by atoms with Gasteiger partial charge in [0.2, 0.25) is 0 Å². The molecule has 2 aromatic rings. The minimum absolute atomic E-state index is 0.0114. The van der Waals surface area contributed by atoms with E-state index in [1.165, 1.54) is 50.7 Å². The number of nitrogen functional groups attached to an aromatic ring is 1. The molecule has 204 valence electrons. The summed E-state index contributed by atoms with van der Waals surface area (Å²) < 4.78 is 41.3. The molecular formula is C27H38F3N5O2. The highest BCUT2D eigenvalue weighted by Gasteiger charge is 2.45. The molecule has 1 amide bonds. The quantitative estimate of drug-likeness (QED) is 0.431. The highest BCUT2D eigenvalue weighted by molar-refractivity contribution is 6.00. The number of Topliss-reactive ketones (excluding diaryl/α,β-unsaturated/α-hetero) is 1. The van der Waals surface area contributed by atoms with Gasteiger partial charge in [-0.1, -0.05) is 34.6 Å². The summed E-state index contributed by atoms with van der Waals surface area (Å²) in [6.07, 6.45) is 6.35. The molecule has 1 aromatic heterocycles. The van der Waals surface area contributed by atoms with Crippen molar-refractivity contribution < 1.29 is 22.8 Å². The van der Waals surface area contributed by atoms with Crippen molar-refractivity contribution in [2.24, 2.45) is 11.1 Å². The van der Waals surface area contributed by atoms with Gasteiger partial charge < -0.3 is 16.4 Å².